The molecule has 0 fully saturated rings. The first-order chi connectivity index (χ1) is 7.42. The highest BCUT2D eigenvalue weighted by Crippen LogP contribution is 2.28. The number of ether oxygens (including phenoxy) is 1. The molecule has 1 rings (SSSR count). The lowest BCUT2D eigenvalue weighted by Crippen LogP contribution is -2.51. The fourth-order valence-corrected chi connectivity index (χ4v) is 1.44. The molecule has 0 aliphatic carbocycles. The van der Waals surface area contributed by atoms with Crippen LogP contribution in [0.1, 0.15) is 5.56 Å². The number of carbonyl (C=O) groups excluding carboxylic acids is 1. The number of esters is 1. The lowest BCUT2D eigenvalue weighted by atomic mass is 9.91. The summed E-state index contributed by atoms with van der Waals surface area (Å²) >= 11 is 5.65. The van der Waals surface area contributed by atoms with Gasteiger partial charge in [-0.1, -0.05) is 23.7 Å². The van der Waals surface area contributed by atoms with Crippen molar-refractivity contribution in [3.63, 3.8) is 0 Å². The zero-order valence-electron chi connectivity index (χ0n) is 8.41. The van der Waals surface area contributed by atoms with Crippen LogP contribution in [0, 0.1) is 0 Å². The van der Waals surface area contributed by atoms with E-state index in [-0.39, 0.29) is 10.6 Å². The number of hydrogen-bond acceptors (Lipinski definition) is 3. The van der Waals surface area contributed by atoms with Gasteiger partial charge in [0.15, 0.2) is 0 Å². The predicted molar refractivity (Wildman–Crippen MR) is 55.3 cm³/mol. The van der Waals surface area contributed by atoms with Crippen LogP contribution in [-0.2, 0) is 15.1 Å². The summed E-state index contributed by atoms with van der Waals surface area (Å²) < 4.78 is 30.0. The minimum atomic E-state index is -3.08. The van der Waals surface area contributed by atoms with E-state index in [0.29, 0.717) is 0 Å². The molecule has 1 atom stereocenters. The summed E-state index contributed by atoms with van der Waals surface area (Å²) in [6.07, 6.45) is -3.08. The molecule has 0 radical (unpaired) electrons. The lowest BCUT2D eigenvalue weighted by Gasteiger charge is -2.25. The molecule has 1 aromatic rings. The molecule has 0 aliphatic rings. The van der Waals surface area contributed by atoms with E-state index in [1.165, 1.54) is 24.3 Å². The first-order valence-electron chi connectivity index (χ1n) is 4.34. The van der Waals surface area contributed by atoms with E-state index >= 15 is 0 Å². The van der Waals surface area contributed by atoms with Gasteiger partial charge < -0.3 is 10.5 Å². The fourth-order valence-electron chi connectivity index (χ4n) is 1.25. The Morgan fingerprint density at radius 1 is 1.56 bits per heavy atom. The first kappa shape index (κ1) is 12.9. The van der Waals surface area contributed by atoms with E-state index in [0.717, 1.165) is 7.11 Å². The molecular weight excluding hydrogens is 240 g/mol. The maximum atomic E-state index is 12.9. The highest BCUT2D eigenvalue weighted by atomic mass is 35.5. The van der Waals surface area contributed by atoms with Gasteiger partial charge in [0.2, 0.25) is 5.54 Å². The minimum absolute atomic E-state index is 0.0816. The van der Waals surface area contributed by atoms with Crippen LogP contribution in [-0.4, -0.2) is 19.5 Å². The van der Waals surface area contributed by atoms with Gasteiger partial charge in [-0.05, 0) is 17.7 Å². The summed E-state index contributed by atoms with van der Waals surface area (Å²) in [4.78, 5) is 11.3. The highest BCUT2D eigenvalue weighted by molar-refractivity contribution is 6.30. The summed E-state index contributed by atoms with van der Waals surface area (Å²) in [5, 5.41) is 0.219. The number of rotatable bonds is 3. The molecule has 3 nitrogen and oxygen atoms in total. The molecule has 0 unspecified atom stereocenters. The maximum absolute atomic E-state index is 12.9. The van der Waals surface area contributed by atoms with Gasteiger partial charge in [0.25, 0.3) is 6.43 Å². The molecule has 88 valence electrons. The van der Waals surface area contributed by atoms with Gasteiger partial charge in [-0.25, -0.2) is 13.6 Å². The molecule has 0 spiro atoms. The molecule has 0 heterocycles. The third kappa shape index (κ3) is 2.15. The number of hydrogen-bond donors (Lipinski definition) is 1. The molecule has 0 bridgehead atoms. The molecular formula is C10H10ClF2NO2. The van der Waals surface area contributed by atoms with Gasteiger partial charge in [0.1, 0.15) is 0 Å². The topological polar surface area (TPSA) is 52.3 Å². The van der Waals surface area contributed by atoms with Crippen LogP contribution in [0.15, 0.2) is 24.3 Å². The van der Waals surface area contributed by atoms with E-state index in [4.69, 9.17) is 17.3 Å². The molecule has 6 heteroatoms. The zero-order chi connectivity index (χ0) is 12.3. The number of alkyl halides is 2. The normalized spacial score (nSPS) is 14.6. The number of carbonyl (C=O) groups is 1. The number of methoxy groups -OCH3 is 1. The largest absolute Gasteiger partial charge is 0.467 e. The van der Waals surface area contributed by atoms with Crippen molar-refractivity contribution < 1.29 is 18.3 Å². The molecule has 0 aliphatic heterocycles. The van der Waals surface area contributed by atoms with Gasteiger partial charge in [0, 0.05) is 5.02 Å². The zero-order valence-corrected chi connectivity index (χ0v) is 9.17. The predicted octanol–water partition coefficient (Wildman–Crippen LogP) is 1.93. The van der Waals surface area contributed by atoms with Crippen molar-refractivity contribution in [3.05, 3.63) is 34.9 Å². The van der Waals surface area contributed by atoms with Gasteiger partial charge in [0.05, 0.1) is 7.11 Å². The number of nitrogens with two attached hydrogens (primary N) is 1. The number of benzene rings is 1. The highest BCUT2D eigenvalue weighted by Gasteiger charge is 2.46. The van der Waals surface area contributed by atoms with Gasteiger partial charge >= 0.3 is 5.97 Å². The van der Waals surface area contributed by atoms with Crippen LogP contribution in [0.2, 0.25) is 5.02 Å². The smallest absolute Gasteiger partial charge is 0.336 e. The van der Waals surface area contributed by atoms with Crippen LogP contribution in [0.25, 0.3) is 0 Å². The van der Waals surface area contributed by atoms with Crippen molar-refractivity contribution in [1.29, 1.82) is 0 Å². The SMILES string of the molecule is COC(=O)[C@](N)(c1cccc(Cl)c1)C(F)F. The van der Waals surface area contributed by atoms with E-state index in [1.807, 2.05) is 0 Å². The van der Waals surface area contributed by atoms with Crippen molar-refractivity contribution >= 4 is 17.6 Å². The van der Waals surface area contributed by atoms with Gasteiger partial charge in [-0.15, -0.1) is 0 Å². The Morgan fingerprint density at radius 3 is 2.62 bits per heavy atom. The molecule has 0 saturated carbocycles. The third-order valence-electron chi connectivity index (χ3n) is 2.17. The van der Waals surface area contributed by atoms with Crippen molar-refractivity contribution in [3.8, 4) is 0 Å². The third-order valence-corrected chi connectivity index (χ3v) is 2.40. The second kappa shape index (κ2) is 4.76. The van der Waals surface area contributed by atoms with Crippen LogP contribution in [0.3, 0.4) is 0 Å². The molecule has 0 aromatic heterocycles. The van der Waals surface area contributed by atoms with E-state index < -0.39 is 17.9 Å². The Bertz CT molecular complexity index is 400. The van der Waals surface area contributed by atoms with E-state index in [9.17, 15) is 13.6 Å². The van der Waals surface area contributed by atoms with Crippen molar-refractivity contribution in [2.45, 2.75) is 12.0 Å². The summed E-state index contributed by atoms with van der Waals surface area (Å²) in [5.41, 5.74) is 2.83. The summed E-state index contributed by atoms with van der Waals surface area (Å²) in [5.74, 6) is -1.20. The summed E-state index contributed by atoms with van der Waals surface area (Å²) in [7, 11) is 0.997. The van der Waals surface area contributed by atoms with Crippen molar-refractivity contribution in [2.75, 3.05) is 7.11 Å². The Kier molecular flexibility index (Phi) is 3.83. The Balaban J connectivity index is 3.27. The molecule has 1 aromatic carbocycles. The average molecular weight is 250 g/mol. The summed E-state index contributed by atoms with van der Waals surface area (Å²) in [6, 6.07) is 5.44. The van der Waals surface area contributed by atoms with E-state index in [2.05, 4.69) is 4.74 Å². The molecule has 16 heavy (non-hydrogen) atoms. The van der Waals surface area contributed by atoms with E-state index in [1.54, 1.807) is 0 Å². The van der Waals surface area contributed by atoms with Gasteiger partial charge in [-0.2, -0.15) is 0 Å². The van der Waals surface area contributed by atoms with Crippen LogP contribution in [0.4, 0.5) is 8.78 Å². The number of halogens is 3. The lowest BCUT2D eigenvalue weighted by molar-refractivity contribution is -0.154. The Hall–Kier alpha value is -1.20. The van der Waals surface area contributed by atoms with Crippen LogP contribution < -0.4 is 5.73 Å². The van der Waals surface area contributed by atoms with Crippen molar-refractivity contribution in [1.82, 2.24) is 0 Å². The van der Waals surface area contributed by atoms with Crippen molar-refractivity contribution in [2.24, 2.45) is 5.73 Å². The maximum Gasteiger partial charge on any atom is 0.336 e. The molecule has 0 saturated heterocycles. The Morgan fingerprint density at radius 2 is 2.19 bits per heavy atom. The average Bonchev–Trinajstić information content (AvgIpc) is 2.26. The standard InChI is InChI=1S/C10H10ClF2NO2/c1-16-9(15)10(14,8(12)13)6-3-2-4-7(11)5-6/h2-5,8H,14H2,1H3/t10-/m0/s1. The summed E-state index contributed by atoms with van der Waals surface area (Å²) in [6.45, 7) is 0. The fraction of sp³-hybridized carbons (Fsp3) is 0.300. The quantitative estimate of drug-likeness (QED) is 0.833. The second-order valence-electron chi connectivity index (χ2n) is 3.17. The first-order valence-corrected chi connectivity index (χ1v) is 4.72. The van der Waals surface area contributed by atoms with Crippen LogP contribution >= 0.6 is 11.6 Å². The Labute approximate surface area is 96.1 Å². The molecule has 0 amide bonds. The van der Waals surface area contributed by atoms with Crippen LogP contribution in [0.5, 0.6) is 0 Å². The second-order valence-corrected chi connectivity index (χ2v) is 3.61. The van der Waals surface area contributed by atoms with Gasteiger partial charge in [-0.3, -0.25) is 0 Å². The monoisotopic (exact) mass is 249 g/mol. The molecule has 2 N–H and O–H groups in total. The minimum Gasteiger partial charge on any atom is -0.467 e.